The number of thiocarbonyl (C=S) groups is 1. The van der Waals surface area contributed by atoms with Gasteiger partial charge >= 0.3 is 6.09 Å². The lowest BCUT2D eigenvalue weighted by Crippen LogP contribution is -2.45. The molecular formula is C16H24N4O2S. The van der Waals surface area contributed by atoms with Gasteiger partial charge < -0.3 is 15.0 Å². The first-order valence-electron chi connectivity index (χ1n) is 8.12. The molecule has 0 aromatic carbocycles. The van der Waals surface area contributed by atoms with Crippen molar-refractivity contribution >= 4 is 23.3 Å². The van der Waals surface area contributed by atoms with Crippen LogP contribution in [0.1, 0.15) is 51.1 Å². The highest BCUT2D eigenvalue weighted by molar-refractivity contribution is 7.80. The lowest BCUT2D eigenvalue weighted by atomic mass is 10.00. The van der Waals surface area contributed by atoms with Crippen molar-refractivity contribution in [2.75, 3.05) is 6.54 Å². The van der Waals surface area contributed by atoms with Crippen LogP contribution in [0.25, 0.3) is 0 Å². The normalized spacial score (nSPS) is 21.1. The number of rotatable bonds is 0. The number of carbonyl (C=O) groups is 1. The summed E-state index contributed by atoms with van der Waals surface area (Å²) in [5.74, 6) is 0. The van der Waals surface area contributed by atoms with E-state index >= 15 is 0 Å². The first kappa shape index (κ1) is 16.2. The van der Waals surface area contributed by atoms with E-state index in [9.17, 15) is 4.79 Å². The summed E-state index contributed by atoms with van der Waals surface area (Å²) in [6.07, 6.45) is 1.46. The van der Waals surface area contributed by atoms with Gasteiger partial charge in [-0.3, -0.25) is 4.68 Å². The molecule has 2 aliphatic heterocycles. The minimum absolute atomic E-state index is 0.0676. The van der Waals surface area contributed by atoms with E-state index in [1.807, 2.05) is 32.4 Å². The van der Waals surface area contributed by atoms with Crippen LogP contribution in [0.15, 0.2) is 0 Å². The number of nitrogens with one attached hydrogen (secondary N) is 1. The van der Waals surface area contributed by atoms with E-state index in [4.69, 9.17) is 22.1 Å². The standard InChI is InChI=1S/C16H24N4O2S/c1-10-8-12-11(9-19(10)15(21)22-16(2,3)4)13-14(23)17-6-5-7-20(13)18-12/h10H,5-9H2,1-4H3,(H,17,23). The molecule has 1 amide bonds. The van der Waals surface area contributed by atoms with Crippen LogP contribution in [0.2, 0.25) is 0 Å². The number of carbonyl (C=O) groups excluding carboxylic acids is 1. The van der Waals surface area contributed by atoms with Crippen molar-refractivity contribution in [2.45, 2.75) is 65.3 Å². The molecule has 1 N–H and O–H groups in total. The Labute approximate surface area is 142 Å². The van der Waals surface area contributed by atoms with Crippen LogP contribution in [0.5, 0.6) is 0 Å². The quantitative estimate of drug-likeness (QED) is 0.736. The van der Waals surface area contributed by atoms with Gasteiger partial charge in [-0.1, -0.05) is 12.2 Å². The summed E-state index contributed by atoms with van der Waals surface area (Å²) in [5, 5.41) is 8.00. The summed E-state index contributed by atoms with van der Waals surface area (Å²) in [6, 6.07) is 0.0676. The fourth-order valence-corrected chi connectivity index (χ4v) is 3.42. The lowest BCUT2D eigenvalue weighted by Gasteiger charge is -2.34. The molecule has 7 heteroatoms. The lowest BCUT2D eigenvalue weighted by molar-refractivity contribution is 0.0137. The molecule has 23 heavy (non-hydrogen) atoms. The van der Waals surface area contributed by atoms with Gasteiger partial charge in [-0.05, 0) is 34.1 Å². The molecule has 1 aromatic rings. The molecule has 6 nitrogen and oxygen atoms in total. The third-order valence-electron chi connectivity index (χ3n) is 4.16. The average Bonchev–Trinajstić information content (AvgIpc) is 2.67. The van der Waals surface area contributed by atoms with Crippen molar-refractivity contribution in [1.29, 1.82) is 0 Å². The highest BCUT2D eigenvalue weighted by atomic mass is 32.1. The zero-order valence-electron chi connectivity index (χ0n) is 14.2. The highest BCUT2D eigenvalue weighted by Crippen LogP contribution is 2.28. The fourth-order valence-electron chi connectivity index (χ4n) is 3.09. The predicted molar refractivity (Wildman–Crippen MR) is 91.5 cm³/mol. The van der Waals surface area contributed by atoms with Gasteiger partial charge in [0.05, 0.1) is 12.2 Å². The molecule has 1 atom stereocenters. The Morgan fingerprint density at radius 2 is 2.17 bits per heavy atom. The predicted octanol–water partition coefficient (Wildman–Crippen LogP) is 2.23. The molecule has 0 saturated carbocycles. The maximum Gasteiger partial charge on any atom is 0.410 e. The monoisotopic (exact) mass is 336 g/mol. The van der Waals surface area contributed by atoms with Gasteiger partial charge in [0.15, 0.2) is 0 Å². The maximum absolute atomic E-state index is 12.5. The molecule has 0 bridgehead atoms. The van der Waals surface area contributed by atoms with Crippen molar-refractivity contribution in [3.8, 4) is 0 Å². The second-order valence-electron chi connectivity index (χ2n) is 7.27. The third kappa shape index (κ3) is 3.20. The minimum atomic E-state index is -0.496. The van der Waals surface area contributed by atoms with E-state index in [-0.39, 0.29) is 12.1 Å². The Morgan fingerprint density at radius 1 is 1.43 bits per heavy atom. The summed E-state index contributed by atoms with van der Waals surface area (Å²) >= 11 is 5.50. The number of amides is 1. The topological polar surface area (TPSA) is 59.4 Å². The molecule has 126 valence electrons. The van der Waals surface area contributed by atoms with Crippen LogP contribution in [0.3, 0.4) is 0 Å². The summed E-state index contributed by atoms with van der Waals surface area (Å²) in [7, 11) is 0. The van der Waals surface area contributed by atoms with Gasteiger partial charge in [0.2, 0.25) is 0 Å². The van der Waals surface area contributed by atoms with Crippen LogP contribution >= 0.6 is 12.2 Å². The van der Waals surface area contributed by atoms with Gasteiger partial charge in [0.25, 0.3) is 0 Å². The zero-order valence-corrected chi connectivity index (χ0v) is 15.0. The van der Waals surface area contributed by atoms with Crippen molar-refractivity contribution in [3.05, 3.63) is 17.0 Å². The molecule has 0 spiro atoms. The summed E-state index contributed by atoms with van der Waals surface area (Å²) < 4.78 is 7.54. The Balaban J connectivity index is 1.91. The molecule has 0 saturated heterocycles. The Morgan fingerprint density at radius 3 is 2.87 bits per heavy atom. The third-order valence-corrected chi connectivity index (χ3v) is 4.50. The van der Waals surface area contributed by atoms with Gasteiger partial charge in [-0.15, -0.1) is 0 Å². The number of nitrogens with zero attached hydrogens (tertiary/aromatic N) is 3. The highest BCUT2D eigenvalue weighted by Gasteiger charge is 2.35. The van der Waals surface area contributed by atoms with Crippen LogP contribution in [0.4, 0.5) is 4.79 Å². The summed E-state index contributed by atoms with van der Waals surface area (Å²) in [6.45, 7) is 9.91. The van der Waals surface area contributed by atoms with Crippen LogP contribution in [-0.4, -0.2) is 43.9 Å². The van der Waals surface area contributed by atoms with Crippen LogP contribution in [0, 0.1) is 0 Å². The van der Waals surface area contributed by atoms with Gasteiger partial charge in [-0.25, -0.2) is 4.79 Å². The van der Waals surface area contributed by atoms with Crippen molar-refractivity contribution in [1.82, 2.24) is 20.0 Å². The molecule has 0 aliphatic carbocycles. The second-order valence-corrected chi connectivity index (χ2v) is 7.68. The van der Waals surface area contributed by atoms with Crippen molar-refractivity contribution < 1.29 is 9.53 Å². The largest absolute Gasteiger partial charge is 0.444 e. The second kappa shape index (κ2) is 5.78. The first-order chi connectivity index (χ1) is 10.8. The van der Waals surface area contributed by atoms with E-state index in [0.717, 1.165) is 47.9 Å². The van der Waals surface area contributed by atoms with Crippen molar-refractivity contribution in [2.24, 2.45) is 0 Å². The number of fused-ring (bicyclic) bond motifs is 3. The van der Waals surface area contributed by atoms with E-state index in [0.29, 0.717) is 6.54 Å². The molecule has 1 aromatic heterocycles. The van der Waals surface area contributed by atoms with Gasteiger partial charge in [0.1, 0.15) is 16.3 Å². The average molecular weight is 336 g/mol. The number of hydrogen-bond acceptors (Lipinski definition) is 4. The van der Waals surface area contributed by atoms with Gasteiger partial charge in [-0.2, -0.15) is 5.10 Å². The van der Waals surface area contributed by atoms with Crippen molar-refractivity contribution in [3.63, 3.8) is 0 Å². The molecule has 0 fully saturated rings. The molecule has 3 heterocycles. The van der Waals surface area contributed by atoms with E-state index in [1.54, 1.807) is 4.90 Å². The molecule has 0 radical (unpaired) electrons. The number of ether oxygens (including phenoxy) is 1. The Bertz CT molecular complexity index is 647. The summed E-state index contributed by atoms with van der Waals surface area (Å²) in [5.41, 5.74) is 2.59. The van der Waals surface area contributed by atoms with E-state index < -0.39 is 5.60 Å². The minimum Gasteiger partial charge on any atom is -0.444 e. The Hall–Kier alpha value is -1.63. The zero-order chi connectivity index (χ0) is 16.8. The SMILES string of the molecule is CC1Cc2nn3c(c2CN1C(=O)OC(C)(C)C)C(=S)NCCC3. The molecule has 3 rings (SSSR count). The number of aryl methyl sites for hydroxylation is 1. The van der Waals surface area contributed by atoms with E-state index in [2.05, 4.69) is 5.32 Å². The Kier molecular flexibility index (Phi) is 4.08. The number of aromatic nitrogens is 2. The van der Waals surface area contributed by atoms with Crippen LogP contribution < -0.4 is 5.32 Å². The number of hydrogen-bond donors (Lipinski definition) is 1. The van der Waals surface area contributed by atoms with Crippen LogP contribution in [-0.2, 0) is 24.2 Å². The molecule has 2 aliphatic rings. The summed E-state index contributed by atoms with van der Waals surface area (Å²) in [4.78, 5) is 15.0. The maximum atomic E-state index is 12.5. The van der Waals surface area contributed by atoms with E-state index in [1.165, 1.54) is 0 Å². The van der Waals surface area contributed by atoms with Gasteiger partial charge in [0, 0.05) is 31.1 Å². The first-order valence-corrected chi connectivity index (χ1v) is 8.53. The smallest absolute Gasteiger partial charge is 0.410 e. The fraction of sp³-hybridized carbons (Fsp3) is 0.688. The molecular weight excluding hydrogens is 312 g/mol. The molecule has 1 unspecified atom stereocenters.